The number of Topliss-reactive ketones (excluding diaryl/α,β-unsaturated/α-hetero) is 1. The molecule has 0 spiro atoms. The summed E-state index contributed by atoms with van der Waals surface area (Å²) in [7, 11) is 0. The Morgan fingerprint density at radius 1 is 1.26 bits per heavy atom. The Morgan fingerprint density at radius 3 is 2.83 bits per heavy atom. The highest BCUT2D eigenvalue weighted by molar-refractivity contribution is 5.94. The summed E-state index contributed by atoms with van der Waals surface area (Å²) in [6.07, 6.45) is 4.82. The molecule has 5 nitrogen and oxygen atoms in total. The SMILES string of the molecule is CCNC(=O)[C@H]1CC(=O)[C@@]2(C)CC[C@@H]3c4ccc(OCCCN5CCC(F)(F)C5)cc4CC[C@H]3[C@H]12. The Bertz CT molecular complexity index is 983. The molecule has 0 radical (unpaired) electrons. The maximum absolute atomic E-state index is 13.3. The standard InChI is InChI=1S/C28H38F2N2O3/c1-3-31-26(34)23-16-24(33)27(2)10-9-21-20-8-6-19(15-18(20)5-7-22(21)25(23)27)35-14-4-12-32-13-11-28(29,30)17-32/h6,8,15,21-23,25H,3-5,7,9-14,16-17H2,1-2H3,(H,31,34)/t21-,22-,23+,25-,27-/m1/s1. The van der Waals surface area contributed by atoms with Crippen LogP contribution in [0.3, 0.4) is 0 Å². The number of ether oxygens (including phenoxy) is 1. The molecule has 0 aromatic heterocycles. The number of aryl methyl sites for hydroxylation is 1. The lowest BCUT2D eigenvalue weighted by molar-refractivity contribution is -0.130. The first kappa shape index (κ1) is 24.7. The fraction of sp³-hybridized carbons (Fsp3) is 0.714. The maximum Gasteiger partial charge on any atom is 0.261 e. The van der Waals surface area contributed by atoms with Gasteiger partial charge in [-0.25, -0.2) is 8.78 Å². The number of ketones is 1. The lowest BCUT2D eigenvalue weighted by Crippen LogP contribution is -2.46. The first-order valence-electron chi connectivity index (χ1n) is 13.4. The first-order valence-corrected chi connectivity index (χ1v) is 13.4. The van der Waals surface area contributed by atoms with Gasteiger partial charge in [0.2, 0.25) is 5.91 Å². The summed E-state index contributed by atoms with van der Waals surface area (Å²) in [5.41, 5.74) is 2.28. The molecule has 4 aliphatic rings. The molecule has 3 fully saturated rings. The van der Waals surface area contributed by atoms with Crippen molar-refractivity contribution in [3.05, 3.63) is 29.3 Å². The molecule has 1 aliphatic heterocycles. The summed E-state index contributed by atoms with van der Waals surface area (Å²) in [6.45, 7) is 6.10. The molecule has 1 N–H and O–H groups in total. The van der Waals surface area contributed by atoms with Crippen molar-refractivity contribution in [1.29, 1.82) is 0 Å². The fourth-order valence-corrected chi connectivity index (χ4v) is 7.56. The number of benzene rings is 1. The number of nitrogens with zero attached hydrogens (tertiary/aromatic N) is 1. The fourth-order valence-electron chi connectivity index (χ4n) is 7.56. The zero-order chi connectivity index (χ0) is 24.8. The van der Waals surface area contributed by atoms with Gasteiger partial charge in [-0.1, -0.05) is 13.0 Å². The summed E-state index contributed by atoms with van der Waals surface area (Å²) in [5, 5.41) is 2.98. The van der Waals surface area contributed by atoms with E-state index >= 15 is 0 Å². The molecule has 1 amide bonds. The van der Waals surface area contributed by atoms with E-state index in [0.29, 0.717) is 44.5 Å². The topological polar surface area (TPSA) is 58.6 Å². The third kappa shape index (κ3) is 4.61. The molecule has 35 heavy (non-hydrogen) atoms. The summed E-state index contributed by atoms with van der Waals surface area (Å²) >= 11 is 0. The number of carbonyl (C=O) groups is 2. The minimum Gasteiger partial charge on any atom is -0.494 e. The van der Waals surface area contributed by atoms with E-state index in [2.05, 4.69) is 24.4 Å². The van der Waals surface area contributed by atoms with Gasteiger partial charge >= 0.3 is 0 Å². The number of nitrogens with one attached hydrogen (secondary N) is 1. The van der Waals surface area contributed by atoms with E-state index in [1.54, 1.807) is 0 Å². The molecule has 7 heteroatoms. The molecule has 0 unspecified atom stereocenters. The molecule has 1 heterocycles. The highest BCUT2D eigenvalue weighted by Gasteiger charge is 2.60. The lowest BCUT2D eigenvalue weighted by atomic mass is 9.54. The number of alkyl halides is 2. The average Bonchev–Trinajstić information content (AvgIpc) is 3.31. The van der Waals surface area contributed by atoms with Crippen LogP contribution in [0.15, 0.2) is 18.2 Å². The van der Waals surface area contributed by atoms with Gasteiger partial charge in [0.05, 0.1) is 13.2 Å². The van der Waals surface area contributed by atoms with Gasteiger partial charge in [-0.15, -0.1) is 0 Å². The number of amides is 1. The van der Waals surface area contributed by atoms with E-state index in [1.165, 1.54) is 11.1 Å². The zero-order valence-electron chi connectivity index (χ0n) is 21.0. The molecule has 192 valence electrons. The van der Waals surface area contributed by atoms with E-state index in [9.17, 15) is 18.4 Å². The molecular formula is C28H38F2N2O3. The highest BCUT2D eigenvalue weighted by atomic mass is 19.3. The van der Waals surface area contributed by atoms with Gasteiger partial charge in [0.25, 0.3) is 5.92 Å². The third-order valence-corrected chi connectivity index (χ3v) is 9.25. The van der Waals surface area contributed by atoms with Crippen LogP contribution < -0.4 is 10.1 Å². The molecule has 5 rings (SSSR count). The van der Waals surface area contributed by atoms with Crippen LogP contribution in [0.25, 0.3) is 0 Å². The van der Waals surface area contributed by atoms with Crippen LogP contribution in [-0.4, -0.2) is 55.3 Å². The zero-order valence-corrected chi connectivity index (χ0v) is 21.0. The minimum atomic E-state index is -2.54. The maximum atomic E-state index is 13.3. The molecular weight excluding hydrogens is 450 g/mol. The van der Waals surface area contributed by atoms with Gasteiger partial charge in [0.1, 0.15) is 11.5 Å². The number of hydrogen-bond donors (Lipinski definition) is 1. The lowest BCUT2D eigenvalue weighted by Gasteiger charge is -2.49. The Morgan fingerprint density at radius 2 is 2.09 bits per heavy atom. The predicted molar refractivity (Wildman–Crippen MR) is 130 cm³/mol. The van der Waals surface area contributed by atoms with Crippen LogP contribution >= 0.6 is 0 Å². The number of likely N-dealkylation sites (tertiary alicyclic amines) is 1. The van der Waals surface area contributed by atoms with Crippen molar-refractivity contribution in [1.82, 2.24) is 10.2 Å². The van der Waals surface area contributed by atoms with Crippen LogP contribution in [-0.2, 0) is 16.0 Å². The van der Waals surface area contributed by atoms with Gasteiger partial charge in [0.15, 0.2) is 0 Å². The molecule has 1 aromatic carbocycles. The number of carbonyl (C=O) groups excluding carboxylic acids is 2. The molecule has 2 saturated carbocycles. The van der Waals surface area contributed by atoms with Crippen molar-refractivity contribution in [3.63, 3.8) is 0 Å². The Labute approximate surface area is 207 Å². The first-order chi connectivity index (χ1) is 16.7. The minimum absolute atomic E-state index is 0.0426. The second-order valence-corrected chi connectivity index (χ2v) is 11.4. The van der Waals surface area contributed by atoms with Crippen LogP contribution in [0.4, 0.5) is 8.78 Å². The number of halogens is 2. The van der Waals surface area contributed by atoms with Crippen molar-refractivity contribution in [2.75, 3.05) is 32.8 Å². The highest BCUT2D eigenvalue weighted by Crippen LogP contribution is 2.61. The van der Waals surface area contributed by atoms with E-state index in [1.807, 2.05) is 17.9 Å². The van der Waals surface area contributed by atoms with Crippen molar-refractivity contribution in [2.45, 2.75) is 70.6 Å². The normalized spacial score (nSPS) is 33.7. The van der Waals surface area contributed by atoms with E-state index in [4.69, 9.17) is 4.74 Å². The van der Waals surface area contributed by atoms with Crippen LogP contribution in [0.5, 0.6) is 5.75 Å². The largest absolute Gasteiger partial charge is 0.494 e. The number of rotatable bonds is 7. The van der Waals surface area contributed by atoms with Gasteiger partial charge < -0.3 is 10.1 Å². The Hall–Kier alpha value is -2.02. The molecule has 0 bridgehead atoms. The van der Waals surface area contributed by atoms with Crippen LogP contribution in [0.1, 0.15) is 69.4 Å². The van der Waals surface area contributed by atoms with E-state index in [0.717, 1.165) is 37.9 Å². The van der Waals surface area contributed by atoms with Crippen molar-refractivity contribution in [3.8, 4) is 5.75 Å². The van der Waals surface area contributed by atoms with Gasteiger partial charge in [-0.3, -0.25) is 14.5 Å². The van der Waals surface area contributed by atoms with E-state index in [-0.39, 0.29) is 41.9 Å². The second-order valence-electron chi connectivity index (χ2n) is 11.4. The second kappa shape index (κ2) is 9.45. The van der Waals surface area contributed by atoms with Crippen molar-refractivity contribution < 1.29 is 23.1 Å². The third-order valence-electron chi connectivity index (χ3n) is 9.25. The summed E-state index contributed by atoms with van der Waals surface area (Å²) in [5.74, 6) is -0.754. The molecule has 5 atom stereocenters. The van der Waals surface area contributed by atoms with Gasteiger partial charge in [-0.05, 0) is 80.0 Å². The quantitative estimate of drug-likeness (QED) is 0.571. The molecule has 1 saturated heterocycles. The summed E-state index contributed by atoms with van der Waals surface area (Å²) in [4.78, 5) is 27.7. The molecule has 3 aliphatic carbocycles. The van der Waals surface area contributed by atoms with Crippen molar-refractivity contribution in [2.24, 2.45) is 23.2 Å². The number of fused-ring (bicyclic) bond motifs is 5. The monoisotopic (exact) mass is 488 g/mol. The van der Waals surface area contributed by atoms with Gasteiger partial charge in [0, 0.05) is 43.8 Å². The summed E-state index contributed by atoms with van der Waals surface area (Å²) < 4.78 is 32.7. The Kier molecular flexibility index (Phi) is 6.66. The van der Waals surface area contributed by atoms with Crippen LogP contribution in [0.2, 0.25) is 0 Å². The predicted octanol–water partition coefficient (Wildman–Crippen LogP) is 4.58. The van der Waals surface area contributed by atoms with Gasteiger partial charge in [-0.2, -0.15) is 0 Å². The smallest absolute Gasteiger partial charge is 0.261 e. The van der Waals surface area contributed by atoms with Crippen molar-refractivity contribution >= 4 is 11.7 Å². The summed E-state index contributed by atoms with van der Waals surface area (Å²) in [6, 6.07) is 6.35. The Balaban J connectivity index is 1.24. The van der Waals surface area contributed by atoms with E-state index < -0.39 is 5.92 Å². The average molecular weight is 489 g/mol. The van der Waals surface area contributed by atoms with Crippen LogP contribution in [0, 0.1) is 23.2 Å². The number of hydrogen-bond acceptors (Lipinski definition) is 4. The molecule has 1 aromatic rings.